The van der Waals surface area contributed by atoms with Crippen molar-refractivity contribution in [2.24, 2.45) is 5.73 Å². The first-order valence-electron chi connectivity index (χ1n) is 7.56. The quantitative estimate of drug-likeness (QED) is 0.927. The van der Waals surface area contributed by atoms with Crippen LogP contribution < -0.4 is 5.73 Å². The summed E-state index contributed by atoms with van der Waals surface area (Å²) in [5, 5.41) is 0. The zero-order chi connectivity index (χ0) is 14.0. The Bertz CT molecular complexity index is 587. The fourth-order valence-corrected chi connectivity index (χ4v) is 3.24. The molecule has 0 amide bonds. The van der Waals surface area contributed by atoms with Crippen LogP contribution in [0.2, 0.25) is 0 Å². The van der Waals surface area contributed by atoms with Crippen molar-refractivity contribution in [1.29, 1.82) is 0 Å². The molecule has 3 nitrogen and oxygen atoms in total. The molecule has 20 heavy (non-hydrogen) atoms. The number of aromatic nitrogens is 2. The molecule has 3 rings (SSSR count). The maximum Gasteiger partial charge on any atom is 0.110 e. The van der Waals surface area contributed by atoms with Crippen LogP contribution in [0, 0.1) is 0 Å². The number of nitrogens with two attached hydrogens (primary N) is 1. The summed E-state index contributed by atoms with van der Waals surface area (Å²) in [4.78, 5) is 4.51. The fourth-order valence-electron chi connectivity index (χ4n) is 3.24. The van der Waals surface area contributed by atoms with E-state index in [0.29, 0.717) is 0 Å². The van der Waals surface area contributed by atoms with E-state index in [1.165, 1.54) is 11.1 Å². The number of fused-ring (bicyclic) bond motifs is 1. The van der Waals surface area contributed by atoms with Crippen LogP contribution in [0.1, 0.15) is 36.7 Å². The Kier molecular flexibility index (Phi) is 3.62. The van der Waals surface area contributed by atoms with Crippen LogP contribution in [0.25, 0.3) is 0 Å². The van der Waals surface area contributed by atoms with Crippen molar-refractivity contribution in [3.8, 4) is 0 Å². The smallest absolute Gasteiger partial charge is 0.110 e. The molecule has 0 spiro atoms. The topological polar surface area (TPSA) is 43.8 Å². The van der Waals surface area contributed by atoms with Gasteiger partial charge in [0.1, 0.15) is 5.82 Å². The van der Waals surface area contributed by atoms with Crippen LogP contribution in [-0.2, 0) is 25.8 Å². The van der Waals surface area contributed by atoms with Gasteiger partial charge in [-0.05, 0) is 36.8 Å². The lowest BCUT2D eigenvalue weighted by Gasteiger charge is -2.34. The maximum atomic E-state index is 6.68. The first kappa shape index (κ1) is 13.4. The van der Waals surface area contributed by atoms with Crippen LogP contribution in [0.3, 0.4) is 0 Å². The monoisotopic (exact) mass is 269 g/mol. The molecule has 1 heterocycles. The van der Waals surface area contributed by atoms with E-state index < -0.39 is 0 Å². The molecule has 1 aliphatic rings. The zero-order valence-electron chi connectivity index (χ0n) is 12.2. The van der Waals surface area contributed by atoms with Crippen LogP contribution in [0.4, 0.5) is 0 Å². The van der Waals surface area contributed by atoms with Gasteiger partial charge in [-0.2, -0.15) is 0 Å². The average molecular weight is 269 g/mol. The molecule has 0 aliphatic heterocycles. The summed E-state index contributed by atoms with van der Waals surface area (Å²) in [5.41, 5.74) is 9.40. The van der Waals surface area contributed by atoms with E-state index in [2.05, 4.69) is 46.9 Å². The highest BCUT2D eigenvalue weighted by Gasteiger charge is 2.31. The molecule has 1 unspecified atom stereocenters. The maximum absolute atomic E-state index is 6.68. The molecule has 2 N–H and O–H groups in total. The summed E-state index contributed by atoms with van der Waals surface area (Å²) in [5.74, 6) is 1.13. The number of imidazole rings is 1. The highest BCUT2D eigenvalue weighted by Crippen LogP contribution is 2.29. The van der Waals surface area contributed by atoms with Gasteiger partial charge in [-0.1, -0.05) is 31.2 Å². The van der Waals surface area contributed by atoms with Crippen molar-refractivity contribution in [1.82, 2.24) is 9.55 Å². The molecule has 0 saturated carbocycles. The fraction of sp³-hybridized carbons (Fsp3) is 0.471. The Balaban J connectivity index is 1.79. The predicted octanol–water partition coefficient (Wildman–Crippen LogP) is 2.72. The third-order valence-corrected chi connectivity index (χ3v) is 4.33. The standard InChI is InChI=1S/C17H23N3/c1-2-10-20-11-9-19-16(20)13-17(18)8-7-14-5-3-4-6-15(14)12-17/h3-6,9,11H,2,7-8,10,12-13,18H2,1H3. The van der Waals surface area contributed by atoms with Gasteiger partial charge in [0, 0.05) is 30.9 Å². The van der Waals surface area contributed by atoms with Gasteiger partial charge in [0.15, 0.2) is 0 Å². The van der Waals surface area contributed by atoms with Gasteiger partial charge in [0.05, 0.1) is 0 Å². The molecule has 1 atom stereocenters. The summed E-state index contributed by atoms with van der Waals surface area (Å²) >= 11 is 0. The van der Waals surface area contributed by atoms with E-state index in [4.69, 9.17) is 5.73 Å². The summed E-state index contributed by atoms with van der Waals surface area (Å²) in [6.07, 6.45) is 9.05. The van der Waals surface area contributed by atoms with Crippen LogP contribution in [0.5, 0.6) is 0 Å². The first-order valence-corrected chi connectivity index (χ1v) is 7.56. The predicted molar refractivity (Wildman–Crippen MR) is 81.6 cm³/mol. The third kappa shape index (κ3) is 2.63. The number of nitrogens with zero attached hydrogens (tertiary/aromatic N) is 2. The second-order valence-corrected chi connectivity index (χ2v) is 6.02. The van der Waals surface area contributed by atoms with E-state index in [1.54, 1.807) is 0 Å². The number of aryl methyl sites for hydroxylation is 2. The van der Waals surface area contributed by atoms with Gasteiger partial charge in [0.2, 0.25) is 0 Å². The van der Waals surface area contributed by atoms with Gasteiger partial charge in [-0.25, -0.2) is 4.98 Å². The summed E-state index contributed by atoms with van der Waals surface area (Å²) in [6, 6.07) is 8.68. The van der Waals surface area contributed by atoms with Crippen molar-refractivity contribution in [2.75, 3.05) is 0 Å². The van der Waals surface area contributed by atoms with Crippen molar-refractivity contribution in [3.05, 3.63) is 53.6 Å². The molecule has 106 valence electrons. The summed E-state index contributed by atoms with van der Waals surface area (Å²) in [6.45, 7) is 3.22. The third-order valence-electron chi connectivity index (χ3n) is 4.33. The minimum Gasteiger partial charge on any atom is -0.335 e. The Hall–Kier alpha value is -1.61. The molecule has 2 aromatic rings. The zero-order valence-corrected chi connectivity index (χ0v) is 12.2. The molecule has 0 radical (unpaired) electrons. The Morgan fingerprint density at radius 2 is 2.10 bits per heavy atom. The lowest BCUT2D eigenvalue weighted by molar-refractivity contribution is 0.356. The molecule has 1 aromatic heterocycles. The molecule has 1 aromatic carbocycles. The minimum absolute atomic E-state index is 0.148. The highest BCUT2D eigenvalue weighted by molar-refractivity contribution is 5.32. The normalized spacial score (nSPS) is 21.7. The first-order chi connectivity index (χ1) is 9.70. The molecule has 0 saturated heterocycles. The summed E-state index contributed by atoms with van der Waals surface area (Å²) < 4.78 is 2.25. The second-order valence-electron chi connectivity index (χ2n) is 6.02. The SMILES string of the molecule is CCCn1ccnc1CC1(N)CCc2ccccc2C1. The highest BCUT2D eigenvalue weighted by atomic mass is 15.1. The molecule has 1 aliphatic carbocycles. The van der Waals surface area contributed by atoms with Gasteiger partial charge in [-0.15, -0.1) is 0 Å². The molecular weight excluding hydrogens is 246 g/mol. The number of benzene rings is 1. The van der Waals surface area contributed by atoms with Gasteiger partial charge in [0.25, 0.3) is 0 Å². The largest absolute Gasteiger partial charge is 0.335 e. The van der Waals surface area contributed by atoms with Crippen LogP contribution >= 0.6 is 0 Å². The van der Waals surface area contributed by atoms with Crippen LogP contribution in [-0.4, -0.2) is 15.1 Å². The van der Waals surface area contributed by atoms with Crippen molar-refractivity contribution >= 4 is 0 Å². The Morgan fingerprint density at radius 3 is 2.90 bits per heavy atom. The van der Waals surface area contributed by atoms with E-state index in [1.807, 2.05) is 6.20 Å². The molecule has 0 bridgehead atoms. The van der Waals surface area contributed by atoms with E-state index >= 15 is 0 Å². The van der Waals surface area contributed by atoms with Crippen molar-refractivity contribution in [2.45, 2.75) is 51.1 Å². The number of rotatable bonds is 4. The number of hydrogen-bond donors (Lipinski definition) is 1. The van der Waals surface area contributed by atoms with Gasteiger partial charge in [-0.3, -0.25) is 0 Å². The Morgan fingerprint density at radius 1 is 1.30 bits per heavy atom. The van der Waals surface area contributed by atoms with Gasteiger partial charge >= 0.3 is 0 Å². The van der Waals surface area contributed by atoms with Crippen molar-refractivity contribution in [3.63, 3.8) is 0 Å². The lowest BCUT2D eigenvalue weighted by atomic mass is 9.76. The van der Waals surface area contributed by atoms with Crippen molar-refractivity contribution < 1.29 is 0 Å². The van der Waals surface area contributed by atoms with Crippen LogP contribution in [0.15, 0.2) is 36.7 Å². The van der Waals surface area contributed by atoms with Gasteiger partial charge < -0.3 is 10.3 Å². The van der Waals surface area contributed by atoms with E-state index in [0.717, 1.165) is 44.5 Å². The molecule has 3 heteroatoms. The Labute approximate surface area is 120 Å². The average Bonchev–Trinajstić information content (AvgIpc) is 2.86. The second kappa shape index (κ2) is 5.41. The lowest BCUT2D eigenvalue weighted by Crippen LogP contribution is -2.47. The summed E-state index contributed by atoms with van der Waals surface area (Å²) in [7, 11) is 0. The molecular formula is C17H23N3. The minimum atomic E-state index is -0.148. The number of hydrogen-bond acceptors (Lipinski definition) is 2. The van der Waals surface area contributed by atoms with E-state index in [-0.39, 0.29) is 5.54 Å². The van der Waals surface area contributed by atoms with E-state index in [9.17, 15) is 0 Å². The molecule has 0 fully saturated rings.